The number of nitrogens with one attached hydrogen (secondary N) is 1. The van der Waals surface area contributed by atoms with E-state index < -0.39 is 21.3 Å². The van der Waals surface area contributed by atoms with Gasteiger partial charge < -0.3 is 15.2 Å². The van der Waals surface area contributed by atoms with Crippen molar-refractivity contribution in [1.82, 2.24) is 0 Å². The second kappa shape index (κ2) is 5.41. The van der Waals surface area contributed by atoms with E-state index in [2.05, 4.69) is 5.32 Å². The van der Waals surface area contributed by atoms with E-state index in [1.807, 2.05) is 0 Å². The lowest BCUT2D eigenvalue weighted by atomic mass is 9.90. The van der Waals surface area contributed by atoms with Crippen LogP contribution in [0.15, 0.2) is 29.2 Å². The summed E-state index contributed by atoms with van der Waals surface area (Å²) in [7, 11) is -3.25. The maximum atomic E-state index is 11.5. The van der Waals surface area contributed by atoms with Crippen molar-refractivity contribution >= 4 is 21.5 Å². The van der Waals surface area contributed by atoms with E-state index >= 15 is 0 Å². The summed E-state index contributed by atoms with van der Waals surface area (Å²) in [5, 5.41) is 12.4. The van der Waals surface area contributed by atoms with E-state index in [4.69, 9.17) is 4.74 Å². The summed E-state index contributed by atoms with van der Waals surface area (Å²) < 4.78 is 27.9. The number of hydrogen-bond acceptors (Lipinski definition) is 5. The Hall–Kier alpha value is -1.60. The van der Waals surface area contributed by atoms with Gasteiger partial charge in [-0.3, -0.25) is 0 Å². The largest absolute Gasteiger partial charge is 0.480 e. The van der Waals surface area contributed by atoms with E-state index in [-0.39, 0.29) is 4.90 Å². The Morgan fingerprint density at radius 3 is 2.25 bits per heavy atom. The first-order valence-corrected chi connectivity index (χ1v) is 8.12. The minimum atomic E-state index is -3.25. The van der Waals surface area contributed by atoms with E-state index in [0.717, 1.165) is 6.26 Å². The number of anilines is 1. The van der Waals surface area contributed by atoms with Gasteiger partial charge in [0.05, 0.1) is 4.90 Å². The summed E-state index contributed by atoms with van der Waals surface area (Å²) in [4.78, 5) is 11.7. The van der Waals surface area contributed by atoms with Crippen molar-refractivity contribution in [3.05, 3.63) is 24.3 Å². The highest BCUT2D eigenvalue weighted by atomic mass is 32.2. The van der Waals surface area contributed by atoms with Gasteiger partial charge in [0.25, 0.3) is 0 Å². The maximum Gasteiger partial charge on any atom is 0.329 e. The quantitative estimate of drug-likeness (QED) is 0.866. The fourth-order valence-electron chi connectivity index (χ4n) is 2.17. The molecule has 110 valence electrons. The van der Waals surface area contributed by atoms with Crippen LogP contribution in [-0.4, -0.2) is 44.5 Å². The van der Waals surface area contributed by atoms with Crippen LogP contribution in [0.4, 0.5) is 5.69 Å². The normalized spacial score (nSPS) is 18.4. The molecule has 0 saturated carbocycles. The van der Waals surface area contributed by atoms with Crippen LogP contribution in [0.1, 0.15) is 12.8 Å². The Bertz CT molecular complexity index is 588. The first-order chi connectivity index (χ1) is 9.33. The van der Waals surface area contributed by atoms with Gasteiger partial charge >= 0.3 is 5.97 Å². The molecule has 0 aliphatic carbocycles. The van der Waals surface area contributed by atoms with Crippen LogP contribution in [0.25, 0.3) is 0 Å². The number of carboxylic acid groups (broad SMARTS) is 1. The van der Waals surface area contributed by atoms with Gasteiger partial charge in [0.1, 0.15) is 5.54 Å². The van der Waals surface area contributed by atoms with Gasteiger partial charge in [-0.25, -0.2) is 13.2 Å². The SMILES string of the molecule is CS(=O)(=O)c1ccc(NC2(C(=O)O)CCOCC2)cc1. The van der Waals surface area contributed by atoms with Crippen LogP contribution in [0, 0.1) is 0 Å². The number of ether oxygens (including phenoxy) is 1. The van der Waals surface area contributed by atoms with Gasteiger partial charge in [-0.05, 0) is 24.3 Å². The van der Waals surface area contributed by atoms with Crippen molar-refractivity contribution in [3.63, 3.8) is 0 Å². The van der Waals surface area contributed by atoms with Crippen LogP contribution in [0.5, 0.6) is 0 Å². The van der Waals surface area contributed by atoms with Gasteiger partial charge in [-0.2, -0.15) is 0 Å². The molecule has 0 atom stereocenters. The summed E-state index contributed by atoms with van der Waals surface area (Å²) in [6.07, 6.45) is 1.87. The molecule has 2 N–H and O–H groups in total. The molecule has 0 spiro atoms. The molecule has 0 unspecified atom stereocenters. The van der Waals surface area contributed by atoms with Crippen LogP contribution in [0.2, 0.25) is 0 Å². The molecule has 1 aromatic rings. The molecule has 0 aromatic heterocycles. The van der Waals surface area contributed by atoms with Gasteiger partial charge in [0.2, 0.25) is 0 Å². The summed E-state index contributed by atoms with van der Waals surface area (Å²) in [6, 6.07) is 6.09. The van der Waals surface area contributed by atoms with Crippen molar-refractivity contribution in [1.29, 1.82) is 0 Å². The van der Waals surface area contributed by atoms with E-state index in [1.54, 1.807) is 12.1 Å². The van der Waals surface area contributed by atoms with Gasteiger partial charge in [0, 0.05) is 38.0 Å². The van der Waals surface area contributed by atoms with Gasteiger partial charge in [-0.1, -0.05) is 0 Å². The molecular weight excluding hydrogens is 282 g/mol. The number of aliphatic carboxylic acids is 1. The minimum Gasteiger partial charge on any atom is -0.480 e. The van der Waals surface area contributed by atoms with Crippen molar-refractivity contribution in [2.24, 2.45) is 0 Å². The average Bonchev–Trinajstić information content (AvgIpc) is 2.39. The summed E-state index contributed by atoms with van der Waals surface area (Å²) in [6.45, 7) is 0.779. The first kappa shape index (κ1) is 14.8. The Balaban J connectivity index is 2.21. The van der Waals surface area contributed by atoms with Crippen LogP contribution < -0.4 is 5.32 Å². The fraction of sp³-hybridized carbons (Fsp3) is 0.462. The standard InChI is InChI=1S/C13H17NO5S/c1-20(17,18)11-4-2-10(3-5-11)14-13(12(15)16)6-8-19-9-7-13/h2-5,14H,6-9H2,1H3,(H,15,16). The predicted octanol–water partition coefficient (Wildman–Crippen LogP) is 1.14. The zero-order valence-corrected chi connectivity index (χ0v) is 11.9. The Morgan fingerprint density at radius 2 is 1.80 bits per heavy atom. The highest BCUT2D eigenvalue weighted by Gasteiger charge is 2.40. The van der Waals surface area contributed by atoms with Crippen molar-refractivity contribution in [3.8, 4) is 0 Å². The molecule has 1 fully saturated rings. The summed E-state index contributed by atoms with van der Waals surface area (Å²) in [5.74, 6) is -0.923. The van der Waals surface area contributed by atoms with E-state index in [0.29, 0.717) is 31.7 Å². The summed E-state index contributed by atoms with van der Waals surface area (Å²) >= 11 is 0. The molecule has 0 amide bonds. The molecule has 1 aliphatic heterocycles. The molecule has 1 heterocycles. The fourth-order valence-corrected chi connectivity index (χ4v) is 2.80. The lowest BCUT2D eigenvalue weighted by Gasteiger charge is -2.34. The monoisotopic (exact) mass is 299 g/mol. The third-order valence-corrected chi connectivity index (χ3v) is 4.55. The Kier molecular flexibility index (Phi) is 4.01. The second-order valence-corrected chi connectivity index (χ2v) is 6.94. The molecule has 0 radical (unpaired) electrons. The van der Waals surface area contributed by atoms with Crippen molar-refractivity contribution in [2.45, 2.75) is 23.3 Å². The molecule has 0 bridgehead atoms. The van der Waals surface area contributed by atoms with Crippen molar-refractivity contribution < 1.29 is 23.1 Å². The highest BCUT2D eigenvalue weighted by molar-refractivity contribution is 7.90. The maximum absolute atomic E-state index is 11.5. The molecule has 1 aliphatic rings. The first-order valence-electron chi connectivity index (χ1n) is 6.23. The topological polar surface area (TPSA) is 92.7 Å². The van der Waals surface area contributed by atoms with E-state index in [1.165, 1.54) is 12.1 Å². The molecule has 6 nitrogen and oxygen atoms in total. The molecule has 20 heavy (non-hydrogen) atoms. The second-order valence-electron chi connectivity index (χ2n) is 4.92. The van der Waals surface area contributed by atoms with Crippen LogP contribution >= 0.6 is 0 Å². The summed E-state index contributed by atoms with van der Waals surface area (Å²) in [5.41, 5.74) is -0.466. The third-order valence-electron chi connectivity index (χ3n) is 3.42. The van der Waals surface area contributed by atoms with Gasteiger partial charge in [0.15, 0.2) is 9.84 Å². The molecular formula is C13H17NO5S. The molecule has 2 rings (SSSR count). The molecule has 1 aromatic carbocycles. The number of hydrogen-bond donors (Lipinski definition) is 2. The number of rotatable bonds is 4. The highest BCUT2D eigenvalue weighted by Crippen LogP contribution is 2.27. The number of carbonyl (C=O) groups is 1. The molecule has 1 saturated heterocycles. The van der Waals surface area contributed by atoms with Gasteiger partial charge in [-0.15, -0.1) is 0 Å². The number of benzene rings is 1. The number of carboxylic acids is 1. The zero-order valence-electron chi connectivity index (χ0n) is 11.1. The van der Waals surface area contributed by atoms with Crippen LogP contribution in [-0.2, 0) is 19.4 Å². The lowest BCUT2D eigenvalue weighted by molar-refractivity contribution is -0.145. The van der Waals surface area contributed by atoms with E-state index in [9.17, 15) is 18.3 Å². The minimum absolute atomic E-state index is 0.208. The Labute approximate surface area is 117 Å². The van der Waals surface area contributed by atoms with Crippen molar-refractivity contribution in [2.75, 3.05) is 24.8 Å². The number of sulfone groups is 1. The predicted molar refractivity (Wildman–Crippen MR) is 73.6 cm³/mol. The lowest BCUT2D eigenvalue weighted by Crippen LogP contribution is -2.50. The Morgan fingerprint density at radius 1 is 1.25 bits per heavy atom. The zero-order chi connectivity index (χ0) is 14.8. The smallest absolute Gasteiger partial charge is 0.329 e. The molecule has 7 heteroatoms. The third kappa shape index (κ3) is 3.10. The average molecular weight is 299 g/mol. The van der Waals surface area contributed by atoms with Crippen LogP contribution in [0.3, 0.4) is 0 Å².